The Balaban J connectivity index is 2.70. The fourth-order valence-electron chi connectivity index (χ4n) is 2.61. The number of benzene rings is 1. The minimum Gasteiger partial charge on any atom is -0.612 e. The summed E-state index contributed by atoms with van der Waals surface area (Å²) in [6.45, 7) is 8.72. The van der Waals surface area contributed by atoms with Crippen molar-refractivity contribution in [2.75, 3.05) is 18.1 Å². The van der Waals surface area contributed by atoms with E-state index in [4.69, 9.17) is 4.74 Å². The predicted molar refractivity (Wildman–Crippen MR) is 113 cm³/mol. The summed E-state index contributed by atoms with van der Waals surface area (Å²) in [5.41, 5.74) is -0.329. The number of hydrogen-bond acceptors (Lipinski definition) is 5. The maximum atomic E-state index is 12.6. The topological polar surface area (TPSA) is 120 Å². The van der Waals surface area contributed by atoms with Gasteiger partial charge in [-0.15, -0.1) is 0 Å². The zero-order valence-corrected chi connectivity index (χ0v) is 18.6. The number of ether oxygens (including phenoxy) is 1. The monoisotopic (exact) mass is 425 g/mol. The first-order chi connectivity index (χ1) is 13.4. The summed E-state index contributed by atoms with van der Waals surface area (Å²) in [6, 6.07) is 5.37. The molecule has 0 bridgehead atoms. The number of anilines is 1. The molecule has 1 unspecified atom stereocenters. The van der Waals surface area contributed by atoms with E-state index < -0.39 is 34.8 Å². The summed E-state index contributed by atoms with van der Waals surface area (Å²) >= 11 is -1.10. The van der Waals surface area contributed by atoms with Gasteiger partial charge in [-0.1, -0.05) is 13.8 Å². The molecule has 0 spiro atoms. The summed E-state index contributed by atoms with van der Waals surface area (Å²) in [4.78, 5) is 36.7. The molecule has 0 fully saturated rings. The molecule has 162 valence electrons. The van der Waals surface area contributed by atoms with Gasteiger partial charge in [-0.2, -0.15) is 0 Å². The predicted octanol–water partition coefficient (Wildman–Crippen LogP) is 2.42. The number of esters is 1. The Morgan fingerprint density at radius 3 is 2.24 bits per heavy atom. The van der Waals surface area contributed by atoms with Crippen LogP contribution in [0, 0.1) is 5.92 Å². The van der Waals surface area contributed by atoms with Crippen molar-refractivity contribution in [1.82, 2.24) is 10.6 Å². The van der Waals surface area contributed by atoms with Gasteiger partial charge in [-0.25, -0.2) is 4.79 Å². The second kappa shape index (κ2) is 11.1. The van der Waals surface area contributed by atoms with Gasteiger partial charge in [-0.05, 0) is 61.6 Å². The summed E-state index contributed by atoms with van der Waals surface area (Å²) in [7, 11) is 0. The quantitative estimate of drug-likeness (QED) is 0.415. The molecular formula is C20H31N3O5S. The highest BCUT2D eigenvalue weighted by molar-refractivity contribution is 7.90. The molecule has 0 aliphatic heterocycles. The van der Waals surface area contributed by atoms with E-state index >= 15 is 0 Å². The molecule has 0 radical (unpaired) electrons. The van der Waals surface area contributed by atoms with Crippen LogP contribution in [0.3, 0.4) is 0 Å². The van der Waals surface area contributed by atoms with Crippen LogP contribution in [0.1, 0.15) is 41.0 Å². The summed E-state index contributed by atoms with van der Waals surface area (Å²) in [5.74, 6) is -0.615. The molecule has 0 heterocycles. The van der Waals surface area contributed by atoms with Crippen LogP contribution in [0.2, 0.25) is 0 Å². The number of carbonyl (C=O) groups excluding carboxylic acids is 3. The number of amides is 3. The lowest BCUT2D eigenvalue weighted by Crippen LogP contribution is -2.51. The highest BCUT2D eigenvalue weighted by Gasteiger charge is 2.26. The van der Waals surface area contributed by atoms with E-state index in [1.165, 1.54) is 6.92 Å². The zero-order chi connectivity index (χ0) is 22.2. The van der Waals surface area contributed by atoms with Crippen molar-refractivity contribution >= 4 is 34.8 Å². The third kappa shape index (κ3) is 9.67. The van der Waals surface area contributed by atoms with Gasteiger partial charge in [0.2, 0.25) is 5.91 Å². The minimum absolute atomic E-state index is 0.124. The Morgan fingerprint density at radius 2 is 1.76 bits per heavy atom. The van der Waals surface area contributed by atoms with Gasteiger partial charge >= 0.3 is 12.0 Å². The van der Waals surface area contributed by atoms with E-state index in [1.54, 1.807) is 44.4 Å². The summed E-state index contributed by atoms with van der Waals surface area (Å²) < 4.78 is 16.6. The maximum Gasteiger partial charge on any atom is 0.319 e. The van der Waals surface area contributed by atoms with Gasteiger partial charge in [-0.3, -0.25) is 9.59 Å². The van der Waals surface area contributed by atoms with Crippen molar-refractivity contribution in [1.29, 1.82) is 0 Å². The van der Waals surface area contributed by atoms with Crippen molar-refractivity contribution in [3.8, 4) is 0 Å². The molecule has 8 nitrogen and oxygen atoms in total. The third-order valence-corrected chi connectivity index (χ3v) is 4.82. The van der Waals surface area contributed by atoms with Crippen LogP contribution in [-0.2, 0) is 25.5 Å². The largest absolute Gasteiger partial charge is 0.612 e. The van der Waals surface area contributed by atoms with Crippen LogP contribution < -0.4 is 16.0 Å². The van der Waals surface area contributed by atoms with Crippen LogP contribution in [0.4, 0.5) is 10.5 Å². The molecule has 3 amide bonds. The lowest BCUT2D eigenvalue weighted by Gasteiger charge is -2.27. The van der Waals surface area contributed by atoms with Crippen LogP contribution >= 0.6 is 0 Å². The molecule has 0 aromatic heterocycles. The smallest absolute Gasteiger partial charge is 0.319 e. The van der Waals surface area contributed by atoms with Gasteiger partial charge in [0.1, 0.15) is 17.9 Å². The van der Waals surface area contributed by atoms with E-state index in [0.717, 1.165) is 0 Å². The van der Waals surface area contributed by atoms with Crippen molar-refractivity contribution in [2.24, 2.45) is 5.92 Å². The molecule has 0 aliphatic carbocycles. The van der Waals surface area contributed by atoms with Crippen LogP contribution in [-0.4, -0.2) is 46.9 Å². The minimum atomic E-state index is -1.10. The molecule has 0 saturated heterocycles. The molecular weight excluding hydrogens is 394 g/mol. The number of rotatable bonds is 9. The highest BCUT2D eigenvalue weighted by atomic mass is 32.2. The van der Waals surface area contributed by atoms with Crippen LogP contribution in [0.15, 0.2) is 29.2 Å². The normalized spacial score (nSPS) is 13.4. The van der Waals surface area contributed by atoms with Crippen molar-refractivity contribution in [3.63, 3.8) is 0 Å². The molecule has 1 rings (SSSR count). The zero-order valence-electron chi connectivity index (χ0n) is 17.8. The van der Waals surface area contributed by atoms with Gasteiger partial charge in [0.25, 0.3) is 0 Å². The first kappa shape index (κ1) is 24.8. The van der Waals surface area contributed by atoms with Gasteiger partial charge in [0.15, 0.2) is 4.90 Å². The van der Waals surface area contributed by atoms with E-state index in [-0.39, 0.29) is 18.4 Å². The standard InChI is InChI=1S/C20H31N3O5S/c1-13(2)11-17(18(25)21-12-20(4,5)28-14(3)24)23-19(26)22-15-7-9-16(10-8-15)29(6)27/h7-10,13,17H,11-12H2,1-6H3,(H,21,25)(H2,22,23,26)/t17-,29?/m0/s1. The van der Waals surface area contributed by atoms with Crippen molar-refractivity contribution < 1.29 is 23.7 Å². The van der Waals surface area contributed by atoms with E-state index in [0.29, 0.717) is 17.0 Å². The molecule has 0 aliphatic rings. The second-order valence-electron chi connectivity index (χ2n) is 7.83. The number of nitrogens with one attached hydrogen (secondary N) is 3. The third-order valence-electron chi connectivity index (χ3n) is 3.88. The van der Waals surface area contributed by atoms with E-state index in [2.05, 4.69) is 16.0 Å². The Kier molecular flexibility index (Phi) is 9.45. The fraction of sp³-hybridized carbons (Fsp3) is 0.550. The molecule has 3 N–H and O–H groups in total. The lowest BCUT2D eigenvalue weighted by molar-refractivity contribution is -0.154. The highest BCUT2D eigenvalue weighted by Crippen LogP contribution is 2.14. The van der Waals surface area contributed by atoms with Crippen LogP contribution in [0.25, 0.3) is 0 Å². The number of urea groups is 1. The second-order valence-corrected chi connectivity index (χ2v) is 9.21. The molecule has 1 aromatic rings. The lowest BCUT2D eigenvalue weighted by atomic mass is 10.0. The Morgan fingerprint density at radius 1 is 1.17 bits per heavy atom. The molecule has 0 saturated carbocycles. The van der Waals surface area contributed by atoms with Crippen molar-refractivity contribution in [2.45, 2.75) is 57.6 Å². The molecule has 2 atom stereocenters. The van der Waals surface area contributed by atoms with E-state index in [1.807, 2.05) is 13.8 Å². The fourth-order valence-corrected chi connectivity index (χ4v) is 3.13. The number of carbonyl (C=O) groups is 3. The molecule has 1 aromatic carbocycles. The summed E-state index contributed by atoms with van der Waals surface area (Å²) in [6.07, 6.45) is 2.02. The van der Waals surface area contributed by atoms with Crippen LogP contribution in [0.5, 0.6) is 0 Å². The van der Waals surface area contributed by atoms with E-state index in [9.17, 15) is 18.9 Å². The molecule has 9 heteroatoms. The van der Waals surface area contributed by atoms with Gasteiger partial charge in [0, 0.05) is 12.6 Å². The van der Waals surface area contributed by atoms with Gasteiger partial charge in [0.05, 0.1) is 6.54 Å². The Hall–Kier alpha value is -2.26. The average molecular weight is 426 g/mol. The number of hydrogen-bond donors (Lipinski definition) is 3. The first-order valence-corrected chi connectivity index (χ1v) is 10.9. The van der Waals surface area contributed by atoms with Gasteiger partial charge < -0.3 is 25.2 Å². The first-order valence-electron chi connectivity index (χ1n) is 9.38. The van der Waals surface area contributed by atoms with Crippen molar-refractivity contribution in [3.05, 3.63) is 24.3 Å². The molecule has 29 heavy (non-hydrogen) atoms. The Bertz CT molecular complexity index is 705. The summed E-state index contributed by atoms with van der Waals surface area (Å²) in [5, 5.41) is 8.08. The average Bonchev–Trinajstić information content (AvgIpc) is 2.58. The SMILES string of the molecule is CC(=O)OC(C)(C)CNC(=O)[C@H](CC(C)C)NC(=O)Nc1ccc([S+](C)[O-])cc1. The maximum absolute atomic E-state index is 12.6. The Labute approximate surface area is 175 Å².